The van der Waals surface area contributed by atoms with Gasteiger partial charge in [-0.2, -0.15) is 0 Å². The average molecular weight is 412 g/mol. The number of fused-ring (bicyclic) bond motifs is 1. The van der Waals surface area contributed by atoms with Crippen LogP contribution in [0, 0.1) is 0 Å². The maximum atomic E-state index is 11.0. The Bertz CT molecular complexity index is 983. The standard InChI is InChI=1S/C23H29N3O4/c1-5-24-22-16(13(2)3)9-11-26(22)23-20(29)19(28)21(30-23)18(27)15-7-6-14-8-10-25(4)17(14)12-15/h5-7,9,11-12,18-21,23,27-29H,2,8,10H2,1,3-4H3/b24-5-. The van der Waals surface area contributed by atoms with Crippen molar-refractivity contribution in [3.8, 4) is 0 Å². The van der Waals surface area contributed by atoms with E-state index in [9.17, 15) is 15.3 Å². The van der Waals surface area contributed by atoms with Crippen molar-refractivity contribution < 1.29 is 20.1 Å². The van der Waals surface area contributed by atoms with Gasteiger partial charge in [0.25, 0.3) is 0 Å². The largest absolute Gasteiger partial charge is 0.387 e. The molecule has 5 unspecified atom stereocenters. The Morgan fingerprint density at radius 2 is 2.07 bits per heavy atom. The summed E-state index contributed by atoms with van der Waals surface area (Å²) in [5.41, 5.74) is 4.64. The average Bonchev–Trinajstić information content (AvgIpc) is 3.39. The number of aliphatic hydroxyl groups excluding tert-OH is 3. The first-order chi connectivity index (χ1) is 14.3. The fourth-order valence-electron chi connectivity index (χ4n) is 4.34. The molecule has 2 aliphatic rings. The molecule has 2 aromatic rings. The van der Waals surface area contributed by atoms with Crippen molar-refractivity contribution in [2.75, 3.05) is 18.5 Å². The van der Waals surface area contributed by atoms with Crippen molar-refractivity contribution in [1.29, 1.82) is 0 Å². The highest BCUT2D eigenvalue weighted by Crippen LogP contribution is 2.41. The van der Waals surface area contributed by atoms with Crippen LogP contribution in [-0.2, 0) is 11.2 Å². The molecule has 0 saturated carbocycles. The molecule has 0 aliphatic carbocycles. The van der Waals surface area contributed by atoms with E-state index in [2.05, 4.69) is 16.5 Å². The minimum absolute atomic E-state index is 0.593. The molecule has 0 radical (unpaired) electrons. The van der Waals surface area contributed by atoms with Crippen molar-refractivity contribution in [1.82, 2.24) is 4.57 Å². The lowest BCUT2D eigenvalue weighted by atomic mass is 9.97. The number of likely N-dealkylation sites (N-methyl/N-ethyl adjacent to an activating group) is 1. The van der Waals surface area contributed by atoms with Gasteiger partial charge in [0.05, 0.1) is 0 Å². The number of aromatic nitrogens is 1. The molecule has 160 valence electrons. The van der Waals surface area contributed by atoms with Crippen molar-refractivity contribution in [3.63, 3.8) is 0 Å². The number of allylic oxidation sites excluding steroid dienone is 1. The zero-order valence-electron chi connectivity index (χ0n) is 17.6. The fraction of sp³-hybridized carbons (Fsp3) is 0.435. The van der Waals surface area contributed by atoms with Gasteiger partial charge in [-0.1, -0.05) is 18.7 Å². The van der Waals surface area contributed by atoms with Crippen LogP contribution in [0.3, 0.4) is 0 Å². The maximum absolute atomic E-state index is 11.0. The number of ether oxygens (including phenoxy) is 1. The highest BCUT2D eigenvalue weighted by molar-refractivity contribution is 5.73. The fourth-order valence-corrected chi connectivity index (χ4v) is 4.34. The van der Waals surface area contributed by atoms with Crippen LogP contribution in [0.15, 0.2) is 42.0 Å². The maximum Gasteiger partial charge on any atom is 0.164 e. The lowest BCUT2D eigenvalue weighted by Gasteiger charge is -2.23. The number of rotatable bonds is 5. The second kappa shape index (κ2) is 8.00. The van der Waals surface area contributed by atoms with Crippen molar-refractivity contribution in [2.24, 2.45) is 4.99 Å². The van der Waals surface area contributed by atoms with E-state index in [0.29, 0.717) is 11.4 Å². The van der Waals surface area contributed by atoms with Gasteiger partial charge in [0.2, 0.25) is 0 Å². The second-order valence-electron chi connectivity index (χ2n) is 8.10. The van der Waals surface area contributed by atoms with Crippen LogP contribution in [-0.4, -0.2) is 58.0 Å². The summed E-state index contributed by atoms with van der Waals surface area (Å²) in [6, 6.07) is 7.66. The lowest BCUT2D eigenvalue weighted by molar-refractivity contribution is -0.0853. The molecule has 3 N–H and O–H groups in total. The van der Waals surface area contributed by atoms with Crippen molar-refractivity contribution in [2.45, 2.75) is 50.9 Å². The first-order valence-electron chi connectivity index (χ1n) is 10.2. The van der Waals surface area contributed by atoms with Gasteiger partial charge >= 0.3 is 0 Å². The first kappa shape index (κ1) is 20.8. The molecule has 1 saturated heterocycles. The summed E-state index contributed by atoms with van der Waals surface area (Å²) < 4.78 is 7.69. The molecule has 7 nitrogen and oxygen atoms in total. The molecule has 3 heterocycles. The third-order valence-electron chi connectivity index (χ3n) is 6.04. The zero-order valence-corrected chi connectivity index (χ0v) is 17.6. The lowest BCUT2D eigenvalue weighted by Crippen LogP contribution is -2.34. The molecular weight excluding hydrogens is 382 g/mol. The Balaban J connectivity index is 1.63. The Morgan fingerprint density at radius 1 is 1.30 bits per heavy atom. The smallest absolute Gasteiger partial charge is 0.164 e. The van der Waals surface area contributed by atoms with Gasteiger partial charge in [-0.3, -0.25) is 0 Å². The summed E-state index contributed by atoms with van der Waals surface area (Å²) in [7, 11) is 2.02. The molecule has 1 aromatic carbocycles. The van der Waals surface area contributed by atoms with E-state index in [4.69, 9.17) is 4.74 Å². The van der Waals surface area contributed by atoms with Gasteiger partial charge < -0.3 is 29.5 Å². The number of benzene rings is 1. The van der Waals surface area contributed by atoms with Gasteiger partial charge in [0.15, 0.2) is 6.23 Å². The predicted molar refractivity (Wildman–Crippen MR) is 117 cm³/mol. The van der Waals surface area contributed by atoms with Crippen LogP contribution in [0.1, 0.15) is 42.9 Å². The van der Waals surface area contributed by atoms with E-state index in [1.165, 1.54) is 5.56 Å². The molecule has 0 spiro atoms. The van der Waals surface area contributed by atoms with Gasteiger partial charge in [0.1, 0.15) is 30.2 Å². The third-order valence-corrected chi connectivity index (χ3v) is 6.04. The summed E-state index contributed by atoms with van der Waals surface area (Å²) >= 11 is 0. The summed E-state index contributed by atoms with van der Waals surface area (Å²) in [6.07, 6.45) is -0.982. The monoisotopic (exact) mass is 411 g/mol. The number of aliphatic imine (C=N–C) groups is 1. The molecular formula is C23H29N3O4. The molecule has 2 aliphatic heterocycles. The minimum atomic E-state index is -1.25. The van der Waals surface area contributed by atoms with Crippen LogP contribution in [0.5, 0.6) is 0 Å². The summed E-state index contributed by atoms with van der Waals surface area (Å²) in [6.45, 7) is 8.60. The van der Waals surface area contributed by atoms with Crippen LogP contribution in [0.2, 0.25) is 0 Å². The summed E-state index contributed by atoms with van der Waals surface area (Å²) in [5, 5.41) is 32.4. The molecule has 0 amide bonds. The molecule has 1 fully saturated rings. The normalized spacial score (nSPS) is 27.1. The Kier molecular flexibility index (Phi) is 5.55. The Morgan fingerprint density at radius 3 is 2.77 bits per heavy atom. The highest BCUT2D eigenvalue weighted by Gasteiger charge is 2.47. The Hall–Kier alpha value is -2.45. The van der Waals surface area contributed by atoms with E-state index in [1.54, 1.807) is 23.9 Å². The van der Waals surface area contributed by atoms with Crippen molar-refractivity contribution >= 4 is 23.3 Å². The molecule has 30 heavy (non-hydrogen) atoms. The molecule has 1 aromatic heterocycles. The minimum Gasteiger partial charge on any atom is -0.387 e. The highest BCUT2D eigenvalue weighted by atomic mass is 16.6. The topological polar surface area (TPSA) is 90.5 Å². The number of nitrogens with zero attached hydrogens (tertiary/aromatic N) is 3. The Labute approximate surface area is 176 Å². The van der Waals surface area contributed by atoms with E-state index in [1.807, 2.05) is 38.2 Å². The zero-order chi connectivity index (χ0) is 21.6. The van der Waals surface area contributed by atoms with Crippen LogP contribution in [0.4, 0.5) is 11.5 Å². The van der Waals surface area contributed by atoms with Crippen LogP contribution >= 0.6 is 0 Å². The van der Waals surface area contributed by atoms with E-state index in [0.717, 1.165) is 29.8 Å². The molecule has 4 rings (SSSR count). The third kappa shape index (κ3) is 3.37. The molecule has 5 atom stereocenters. The first-order valence-corrected chi connectivity index (χ1v) is 10.2. The quantitative estimate of drug-likeness (QED) is 0.658. The number of hydrogen-bond acceptors (Lipinski definition) is 6. The van der Waals surface area contributed by atoms with Gasteiger partial charge in [-0.05, 0) is 49.1 Å². The molecule has 0 bridgehead atoms. The summed E-state index contributed by atoms with van der Waals surface area (Å²) in [4.78, 5) is 6.55. The van der Waals surface area contributed by atoms with Crippen molar-refractivity contribution in [3.05, 3.63) is 53.7 Å². The van der Waals surface area contributed by atoms with Crippen LogP contribution < -0.4 is 4.90 Å². The predicted octanol–water partition coefficient (Wildman–Crippen LogP) is 2.59. The van der Waals surface area contributed by atoms with E-state index < -0.39 is 30.6 Å². The number of aliphatic hydroxyl groups is 3. The summed E-state index contributed by atoms with van der Waals surface area (Å²) in [5.74, 6) is 0.593. The van der Waals surface area contributed by atoms with Crippen LogP contribution in [0.25, 0.3) is 5.57 Å². The van der Waals surface area contributed by atoms with E-state index >= 15 is 0 Å². The van der Waals surface area contributed by atoms with Gasteiger partial charge in [-0.25, -0.2) is 4.99 Å². The van der Waals surface area contributed by atoms with E-state index in [-0.39, 0.29) is 0 Å². The second-order valence-corrected chi connectivity index (χ2v) is 8.10. The SMILES string of the molecule is C=C(C)c1ccn(C2OC(C(O)c3ccc4c(c3)N(C)CC4)C(O)C2O)c1/N=C\C. The molecule has 7 heteroatoms. The number of anilines is 1. The van der Waals surface area contributed by atoms with Gasteiger partial charge in [0, 0.05) is 37.3 Å². The number of hydrogen-bond donors (Lipinski definition) is 3. The van der Waals surface area contributed by atoms with Gasteiger partial charge in [-0.15, -0.1) is 0 Å².